The van der Waals surface area contributed by atoms with Gasteiger partial charge in [-0.3, -0.25) is 15.0 Å². The van der Waals surface area contributed by atoms with Crippen molar-refractivity contribution in [3.05, 3.63) is 42.1 Å². The third-order valence-corrected chi connectivity index (χ3v) is 4.15. The maximum Gasteiger partial charge on any atom is 0.319 e. The number of nitrogen functional groups attached to an aromatic ring is 1. The molecule has 9 heteroatoms. The predicted molar refractivity (Wildman–Crippen MR) is 105 cm³/mol. The number of nitrogens with one attached hydrogen (secondary N) is 3. The molecule has 3 amide bonds. The maximum atomic E-state index is 12.5. The number of esters is 1. The Bertz CT molecular complexity index is 760. The zero-order chi connectivity index (χ0) is 20.5. The molecule has 1 aromatic rings. The van der Waals surface area contributed by atoms with Gasteiger partial charge in [0.2, 0.25) is 5.91 Å². The minimum atomic E-state index is -0.611. The Morgan fingerprint density at radius 3 is 2.71 bits per heavy atom. The molecule has 0 saturated carbocycles. The largest absolute Gasteiger partial charge is 0.466 e. The molecule has 0 aliphatic carbocycles. The van der Waals surface area contributed by atoms with Crippen LogP contribution >= 0.6 is 0 Å². The van der Waals surface area contributed by atoms with Gasteiger partial charge in [-0.1, -0.05) is 6.08 Å². The van der Waals surface area contributed by atoms with Crippen LogP contribution in [0.1, 0.15) is 31.7 Å². The third kappa shape index (κ3) is 5.83. The SMILES string of the molecule is CCOC(=O)CCC=CNC(=O)N[C@H]1CCN(c2ccc(C(=N)N)cc2)C1=O. The van der Waals surface area contributed by atoms with Gasteiger partial charge in [0, 0.05) is 30.4 Å². The average molecular weight is 387 g/mol. The third-order valence-electron chi connectivity index (χ3n) is 4.15. The fraction of sp³-hybridized carbons (Fsp3) is 0.368. The van der Waals surface area contributed by atoms with Crippen LogP contribution in [0.4, 0.5) is 10.5 Å². The van der Waals surface area contributed by atoms with Crippen molar-refractivity contribution in [3.8, 4) is 0 Å². The number of nitrogens with zero attached hydrogens (tertiary/aromatic N) is 1. The smallest absolute Gasteiger partial charge is 0.319 e. The number of benzene rings is 1. The van der Waals surface area contributed by atoms with Crippen molar-refractivity contribution in [2.75, 3.05) is 18.1 Å². The van der Waals surface area contributed by atoms with Crippen molar-refractivity contribution in [3.63, 3.8) is 0 Å². The highest BCUT2D eigenvalue weighted by Gasteiger charge is 2.33. The van der Waals surface area contributed by atoms with Gasteiger partial charge in [0.1, 0.15) is 11.9 Å². The van der Waals surface area contributed by atoms with E-state index in [1.807, 2.05) is 0 Å². The first-order valence-electron chi connectivity index (χ1n) is 9.06. The Morgan fingerprint density at radius 2 is 2.07 bits per heavy atom. The second-order valence-corrected chi connectivity index (χ2v) is 6.16. The Labute approximate surface area is 163 Å². The molecule has 9 nitrogen and oxygen atoms in total. The Hall–Kier alpha value is -3.36. The summed E-state index contributed by atoms with van der Waals surface area (Å²) in [5.74, 6) is -0.521. The number of nitrogens with two attached hydrogens (primary N) is 1. The van der Waals surface area contributed by atoms with Gasteiger partial charge in [0.25, 0.3) is 0 Å². The molecule has 0 aromatic heterocycles. The monoisotopic (exact) mass is 387 g/mol. The van der Waals surface area contributed by atoms with Gasteiger partial charge in [-0.25, -0.2) is 4.79 Å². The van der Waals surface area contributed by atoms with Crippen molar-refractivity contribution in [2.24, 2.45) is 5.73 Å². The van der Waals surface area contributed by atoms with Crippen LogP contribution in [0.15, 0.2) is 36.5 Å². The highest BCUT2D eigenvalue weighted by Crippen LogP contribution is 2.22. The summed E-state index contributed by atoms with van der Waals surface area (Å²) in [6.45, 7) is 2.57. The highest BCUT2D eigenvalue weighted by molar-refractivity contribution is 6.02. The molecule has 150 valence electrons. The number of allylic oxidation sites excluding steroid dienone is 1. The Balaban J connectivity index is 1.79. The van der Waals surface area contributed by atoms with E-state index in [0.717, 1.165) is 0 Å². The van der Waals surface area contributed by atoms with Gasteiger partial charge in [-0.05, 0) is 44.0 Å². The number of anilines is 1. The van der Waals surface area contributed by atoms with Crippen molar-refractivity contribution in [1.82, 2.24) is 10.6 Å². The van der Waals surface area contributed by atoms with E-state index >= 15 is 0 Å². The van der Waals surface area contributed by atoms with Crippen molar-refractivity contribution in [2.45, 2.75) is 32.2 Å². The summed E-state index contributed by atoms with van der Waals surface area (Å²) in [4.78, 5) is 37.2. The molecular weight excluding hydrogens is 362 g/mol. The van der Waals surface area contributed by atoms with Crippen molar-refractivity contribution in [1.29, 1.82) is 5.41 Å². The van der Waals surface area contributed by atoms with Crippen LogP contribution in [0.3, 0.4) is 0 Å². The molecule has 1 heterocycles. The molecule has 1 aliphatic rings. The second kappa shape index (κ2) is 10.1. The van der Waals surface area contributed by atoms with E-state index in [0.29, 0.717) is 37.2 Å². The summed E-state index contributed by atoms with van der Waals surface area (Å²) in [5.41, 5.74) is 6.70. The first kappa shape index (κ1) is 20.9. The van der Waals surface area contributed by atoms with Crippen LogP contribution in [0, 0.1) is 5.41 Å². The zero-order valence-electron chi connectivity index (χ0n) is 15.7. The Morgan fingerprint density at radius 1 is 1.36 bits per heavy atom. The molecule has 5 N–H and O–H groups in total. The molecule has 28 heavy (non-hydrogen) atoms. The summed E-state index contributed by atoms with van der Waals surface area (Å²) in [5, 5.41) is 12.6. The summed E-state index contributed by atoms with van der Waals surface area (Å²) < 4.78 is 4.80. The molecule has 1 fully saturated rings. The summed E-state index contributed by atoms with van der Waals surface area (Å²) >= 11 is 0. The van der Waals surface area contributed by atoms with E-state index in [-0.39, 0.29) is 24.1 Å². The minimum absolute atomic E-state index is 0.0363. The summed E-state index contributed by atoms with van der Waals surface area (Å²) in [7, 11) is 0. The number of urea groups is 1. The number of hydrogen-bond acceptors (Lipinski definition) is 5. The fourth-order valence-corrected chi connectivity index (χ4v) is 2.74. The second-order valence-electron chi connectivity index (χ2n) is 6.16. The standard InChI is InChI=1S/C19H25N5O4/c1-2-28-16(25)5-3-4-11-22-19(27)23-15-10-12-24(18(15)26)14-8-6-13(7-9-14)17(20)21/h4,6-9,11,15H,2-3,5,10,12H2,1H3,(H3,20,21)(H2,22,23,27)/t15-/m0/s1. The molecule has 1 aliphatic heterocycles. The molecule has 2 rings (SSSR count). The molecule has 1 atom stereocenters. The van der Waals surface area contributed by atoms with Crippen molar-refractivity contribution < 1.29 is 19.1 Å². The van der Waals surface area contributed by atoms with Gasteiger partial charge in [0.15, 0.2) is 0 Å². The lowest BCUT2D eigenvalue weighted by atomic mass is 10.2. The Kier molecular flexibility index (Phi) is 7.55. The lowest BCUT2D eigenvalue weighted by molar-refractivity contribution is -0.143. The maximum absolute atomic E-state index is 12.5. The highest BCUT2D eigenvalue weighted by atomic mass is 16.5. The van der Waals surface area contributed by atoms with E-state index in [2.05, 4.69) is 10.6 Å². The van der Waals surface area contributed by atoms with Gasteiger partial charge >= 0.3 is 12.0 Å². The lowest BCUT2D eigenvalue weighted by Gasteiger charge is -2.17. The van der Waals surface area contributed by atoms with Gasteiger partial charge < -0.3 is 26.0 Å². The van der Waals surface area contributed by atoms with E-state index in [1.165, 1.54) is 6.20 Å². The van der Waals surface area contributed by atoms with Crippen LogP contribution in [0.5, 0.6) is 0 Å². The van der Waals surface area contributed by atoms with Gasteiger partial charge in [0.05, 0.1) is 6.61 Å². The van der Waals surface area contributed by atoms with Crippen molar-refractivity contribution >= 4 is 29.4 Å². The number of carbonyl (C=O) groups excluding carboxylic acids is 3. The molecule has 0 unspecified atom stereocenters. The van der Waals surface area contributed by atoms with E-state index in [9.17, 15) is 14.4 Å². The summed E-state index contributed by atoms with van der Waals surface area (Å²) in [6, 6.07) is 5.71. The fourth-order valence-electron chi connectivity index (χ4n) is 2.74. The van der Waals surface area contributed by atoms with Crippen LogP contribution in [0.2, 0.25) is 0 Å². The number of amidine groups is 1. The molecule has 0 spiro atoms. The van der Waals surface area contributed by atoms with Gasteiger partial charge in [-0.2, -0.15) is 0 Å². The number of ether oxygens (including phenoxy) is 1. The minimum Gasteiger partial charge on any atom is -0.466 e. The number of carbonyl (C=O) groups is 3. The van der Waals surface area contributed by atoms with Crippen LogP contribution in [-0.4, -0.2) is 42.9 Å². The van der Waals surface area contributed by atoms with E-state index in [1.54, 1.807) is 42.2 Å². The number of rotatable bonds is 8. The number of amides is 3. The molecule has 1 saturated heterocycles. The topological polar surface area (TPSA) is 138 Å². The number of hydrogen-bond donors (Lipinski definition) is 4. The van der Waals surface area contributed by atoms with Crippen LogP contribution in [-0.2, 0) is 14.3 Å². The molecular formula is C19H25N5O4. The van der Waals surface area contributed by atoms with Crippen LogP contribution < -0.4 is 21.3 Å². The average Bonchev–Trinajstić information content (AvgIpc) is 3.02. The normalized spacial score (nSPS) is 16.2. The van der Waals surface area contributed by atoms with Gasteiger partial charge in [-0.15, -0.1) is 0 Å². The first-order valence-corrected chi connectivity index (χ1v) is 9.06. The molecule has 1 aromatic carbocycles. The zero-order valence-corrected chi connectivity index (χ0v) is 15.7. The first-order chi connectivity index (χ1) is 13.4. The van der Waals surface area contributed by atoms with Crippen LogP contribution in [0.25, 0.3) is 0 Å². The molecule has 0 bridgehead atoms. The quantitative estimate of drug-likeness (QED) is 0.302. The lowest BCUT2D eigenvalue weighted by Crippen LogP contribution is -2.44. The predicted octanol–water partition coefficient (Wildman–Crippen LogP) is 1.23. The van der Waals surface area contributed by atoms with E-state index in [4.69, 9.17) is 15.9 Å². The van der Waals surface area contributed by atoms with E-state index < -0.39 is 12.1 Å². The molecule has 0 radical (unpaired) electrons. The summed E-state index contributed by atoms with van der Waals surface area (Å²) in [6.07, 6.45) is 4.27.